The first kappa shape index (κ1) is 18.6. The molecular formula is C20H17N5O3S. The first-order valence-electron chi connectivity index (χ1n) is 8.83. The Balaban J connectivity index is 1.34. The lowest BCUT2D eigenvalue weighted by molar-refractivity contribution is 0.0953. The van der Waals surface area contributed by atoms with Crippen molar-refractivity contribution in [1.82, 2.24) is 20.1 Å². The highest BCUT2D eigenvalue weighted by Gasteiger charge is 2.10. The van der Waals surface area contributed by atoms with Crippen LogP contribution >= 0.6 is 11.3 Å². The lowest BCUT2D eigenvalue weighted by Gasteiger charge is -2.06. The summed E-state index contributed by atoms with van der Waals surface area (Å²) in [4.78, 5) is 28.5. The first-order chi connectivity index (χ1) is 14.2. The van der Waals surface area contributed by atoms with Crippen LogP contribution in [0.1, 0.15) is 26.4 Å². The maximum atomic E-state index is 12.3. The molecule has 3 aromatic heterocycles. The number of nitrogens with one attached hydrogen (secondary N) is 2. The van der Waals surface area contributed by atoms with Gasteiger partial charge in [-0.3, -0.25) is 9.59 Å². The Bertz CT molecular complexity index is 1090. The van der Waals surface area contributed by atoms with E-state index in [2.05, 4.69) is 20.7 Å². The monoisotopic (exact) mass is 407 g/mol. The number of amides is 2. The predicted octanol–water partition coefficient (Wildman–Crippen LogP) is 3.15. The standard InChI is InChI=1S/C20H17N5O3S/c26-19(21-7-5-16-12-29-13-22-16)14-1-3-18(4-2-14)25-10-17(9-23-25)24-20(27)15-6-8-28-11-15/h1-4,6,8-13H,5,7H2,(H,21,26)(H,24,27). The Morgan fingerprint density at radius 3 is 2.69 bits per heavy atom. The molecule has 4 rings (SSSR count). The minimum absolute atomic E-state index is 0.139. The molecule has 0 aliphatic carbocycles. The topological polar surface area (TPSA) is 102 Å². The van der Waals surface area contributed by atoms with Gasteiger partial charge in [0.2, 0.25) is 0 Å². The summed E-state index contributed by atoms with van der Waals surface area (Å²) in [6, 6.07) is 8.65. The summed E-state index contributed by atoms with van der Waals surface area (Å²) in [6.07, 6.45) is 6.77. The second-order valence-electron chi connectivity index (χ2n) is 6.17. The van der Waals surface area contributed by atoms with E-state index >= 15 is 0 Å². The number of benzene rings is 1. The molecule has 3 heterocycles. The van der Waals surface area contributed by atoms with Crippen LogP contribution in [0.4, 0.5) is 5.69 Å². The van der Waals surface area contributed by atoms with E-state index < -0.39 is 0 Å². The number of rotatable bonds is 7. The molecule has 9 heteroatoms. The van der Waals surface area contributed by atoms with Gasteiger partial charge in [-0.05, 0) is 30.3 Å². The number of aromatic nitrogens is 3. The summed E-state index contributed by atoms with van der Waals surface area (Å²) in [5, 5.41) is 11.8. The third-order valence-corrected chi connectivity index (χ3v) is 4.80. The zero-order chi connectivity index (χ0) is 20.1. The van der Waals surface area contributed by atoms with Crippen molar-refractivity contribution in [3.05, 3.63) is 83.0 Å². The molecule has 0 saturated carbocycles. The fraction of sp³-hybridized carbons (Fsp3) is 0.100. The number of carbonyl (C=O) groups is 2. The van der Waals surface area contributed by atoms with E-state index in [-0.39, 0.29) is 11.8 Å². The molecule has 0 radical (unpaired) electrons. The van der Waals surface area contributed by atoms with Crippen molar-refractivity contribution < 1.29 is 14.0 Å². The van der Waals surface area contributed by atoms with Crippen LogP contribution in [0.5, 0.6) is 0 Å². The molecular weight excluding hydrogens is 390 g/mol. The molecule has 0 spiro atoms. The molecule has 0 unspecified atom stereocenters. The summed E-state index contributed by atoms with van der Waals surface area (Å²) in [5.74, 6) is -0.414. The van der Waals surface area contributed by atoms with Crippen molar-refractivity contribution in [1.29, 1.82) is 0 Å². The number of hydrogen-bond donors (Lipinski definition) is 2. The molecule has 0 saturated heterocycles. The normalized spacial score (nSPS) is 10.6. The van der Waals surface area contributed by atoms with E-state index in [1.165, 1.54) is 23.9 Å². The molecule has 1 aromatic carbocycles. The molecule has 2 amide bonds. The zero-order valence-corrected chi connectivity index (χ0v) is 16.1. The van der Waals surface area contributed by atoms with E-state index in [4.69, 9.17) is 4.42 Å². The van der Waals surface area contributed by atoms with Crippen molar-refractivity contribution in [2.45, 2.75) is 6.42 Å². The smallest absolute Gasteiger partial charge is 0.259 e. The Labute approximate surface area is 170 Å². The van der Waals surface area contributed by atoms with E-state index in [0.29, 0.717) is 29.8 Å². The molecule has 0 aliphatic rings. The fourth-order valence-electron chi connectivity index (χ4n) is 2.66. The quantitative estimate of drug-likeness (QED) is 0.490. The second kappa shape index (κ2) is 8.53. The lowest BCUT2D eigenvalue weighted by atomic mass is 10.2. The van der Waals surface area contributed by atoms with Gasteiger partial charge in [0.05, 0.1) is 46.8 Å². The summed E-state index contributed by atoms with van der Waals surface area (Å²) in [6.45, 7) is 0.531. The van der Waals surface area contributed by atoms with Crippen LogP contribution in [0, 0.1) is 0 Å². The molecule has 0 aliphatic heterocycles. The highest BCUT2D eigenvalue weighted by Crippen LogP contribution is 2.14. The van der Waals surface area contributed by atoms with Gasteiger partial charge in [0.15, 0.2) is 0 Å². The minimum atomic E-state index is -0.275. The van der Waals surface area contributed by atoms with E-state index in [1.807, 2.05) is 5.38 Å². The van der Waals surface area contributed by atoms with E-state index in [0.717, 1.165) is 11.4 Å². The third kappa shape index (κ3) is 4.58. The molecule has 2 N–H and O–H groups in total. The Morgan fingerprint density at radius 2 is 1.97 bits per heavy atom. The second-order valence-corrected chi connectivity index (χ2v) is 6.89. The third-order valence-electron chi connectivity index (χ3n) is 4.17. The maximum absolute atomic E-state index is 12.3. The van der Waals surface area contributed by atoms with Crippen LogP contribution in [0.25, 0.3) is 5.69 Å². The summed E-state index contributed by atoms with van der Waals surface area (Å²) < 4.78 is 6.52. The SMILES string of the molecule is O=C(NCCc1cscn1)c1ccc(-n2cc(NC(=O)c3ccoc3)cn2)cc1. The molecule has 0 atom stereocenters. The number of anilines is 1. The Morgan fingerprint density at radius 1 is 1.10 bits per heavy atom. The Hall–Kier alpha value is -3.72. The number of furan rings is 1. The van der Waals surface area contributed by atoms with Crippen molar-refractivity contribution in [3.63, 3.8) is 0 Å². The highest BCUT2D eigenvalue weighted by molar-refractivity contribution is 7.07. The van der Waals surface area contributed by atoms with E-state index in [9.17, 15) is 9.59 Å². The Kier molecular flexibility index (Phi) is 5.48. The average molecular weight is 407 g/mol. The van der Waals surface area contributed by atoms with Crippen molar-refractivity contribution in [2.24, 2.45) is 0 Å². The van der Waals surface area contributed by atoms with Crippen LogP contribution in [0.15, 0.2) is 70.6 Å². The van der Waals surface area contributed by atoms with E-state index in [1.54, 1.807) is 52.9 Å². The van der Waals surface area contributed by atoms with Crippen molar-refractivity contribution in [3.8, 4) is 5.69 Å². The van der Waals surface area contributed by atoms with Crippen LogP contribution in [-0.4, -0.2) is 33.1 Å². The summed E-state index contributed by atoms with van der Waals surface area (Å²) >= 11 is 1.54. The predicted molar refractivity (Wildman–Crippen MR) is 108 cm³/mol. The number of carbonyl (C=O) groups excluding carboxylic acids is 2. The van der Waals surface area contributed by atoms with Gasteiger partial charge < -0.3 is 15.1 Å². The fourth-order valence-corrected chi connectivity index (χ4v) is 3.25. The van der Waals surface area contributed by atoms with Gasteiger partial charge >= 0.3 is 0 Å². The van der Waals surface area contributed by atoms with Crippen LogP contribution in [0.2, 0.25) is 0 Å². The summed E-state index contributed by atoms with van der Waals surface area (Å²) in [5.41, 5.74) is 5.07. The van der Waals surface area contributed by atoms with Crippen LogP contribution in [0.3, 0.4) is 0 Å². The highest BCUT2D eigenvalue weighted by atomic mass is 32.1. The molecule has 0 fully saturated rings. The molecule has 8 nitrogen and oxygen atoms in total. The maximum Gasteiger partial charge on any atom is 0.259 e. The van der Waals surface area contributed by atoms with Crippen LogP contribution in [-0.2, 0) is 6.42 Å². The van der Waals surface area contributed by atoms with Gasteiger partial charge in [-0.25, -0.2) is 9.67 Å². The van der Waals surface area contributed by atoms with Gasteiger partial charge in [0.1, 0.15) is 6.26 Å². The number of thiazole rings is 1. The van der Waals surface area contributed by atoms with Crippen molar-refractivity contribution >= 4 is 28.8 Å². The molecule has 4 aromatic rings. The van der Waals surface area contributed by atoms with Gasteiger partial charge in [-0.1, -0.05) is 0 Å². The minimum Gasteiger partial charge on any atom is -0.472 e. The number of nitrogens with zero attached hydrogens (tertiary/aromatic N) is 3. The number of hydrogen-bond acceptors (Lipinski definition) is 6. The molecule has 0 bridgehead atoms. The molecule has 146 valence electrons. The van der Waals surface area contributed by atoms with Gasteiger partial charge in [-0.2, -0.15) is 5.10 Å². The average Bonchev–Trinajstić information content (AvgIpc) is 3.50. The van der Waals surface area contributed by atoms with Crippen molar-refractivity contribution in [2.75, 3.05) is 11.9 Å². The zero-order valence-electron chi connectivity index (χ0n) is 15.2. The van der Waals surface area contributed by atoms with Gasteiger partial charge in [-0.15, -0.1) is 11.3 Å². The molecule has 29 heavy (non-hydrogen) atoms. The van der Waals surface area contributed by atoms with Crippen LogP contribution < -0.4 is 10.6 Å². The summed E-state index contributed by atoms with van der Waals surface area (Å²) in [7, 11) is 0. The largest absolute Gasteiger partial charge is 0.472 e. The van der Waals surface area contributed by atoms with Gasteiger partial charge in [0.25, 0.3) is 11.8 Å². The lowest BCUT2D eigenvalue weighted by Crippen LogP contribution is -2.25. The first-order valence-corrected chi connectivity index (χ1v) is 9.77. The van der Waals surface area contributed by atoms with Gasteiger partial charge in [0, 0.05) is 23.9 Å².